The molecule has 0 saturated carbocycles. The molecule has 3 heteroatoms. The molecule has 0 aliphatic carbocycles. The van der Waals surface area contributed by atoms with Crippen molar-refractivity contribution < 1.29 is 9.53 Å². The predicted molar refractivity (Wildman–Crippen MR) is 62.8 cm³/mol. The molecule has 0 heterocycles. The van der Waals surface area contributed by atoms with Crippen LogP contribution < -0.4 is 5.32 Å². The van der Waals surface area contributed by atoms with Crippen LogP contribution in [-0.2, 0) is 9.53 Å². The second-order valence-corrected chi connectivity index (χ2v) is 3.54. The van der Waals surface area contributed by atoms with Crippen molar-refractivity contribution in [3.63, 3.8) is 0 Å². The minimum atomic E-state index is -0.347. The molecule has 0 aromatic heterocycles. The zero-order valence-corrected chi connectivity index (χ0v) is 9.76. The van der Waals surface area contributed by atoms with Crippen LogP contribution in [0.15, 0.2) is 12.7 Å². The van der Waals surface area contributed by atoms with Crippen LogP contribution in [0, 0.1) is 0 Å². The van der Waals surface area contributed by atoms with Crippen LogP contribution in [0.25, 0.3) is 0 Å². The van der Waals surface area contributed by atoms with Gasteiger partial charge in [-0.1, -0.05) is 39.2 Å². The Morgan fingerprint density at radius 3 is 2.67 bits per heavy atom. The van der Waals surface area contributed by atoms with Gasteiger partial charge >= 0.3 is 5.97 Å². The van der Waals surface area contributed by atoms with E-state index in [4.69, 9.17) is 4.74 Å². The molecule has 0 bridgehead atoms. The molecule has 0 unspecified atom stereocenters. The number of rotatable bonds is 10. The summed E-state index contributed by atoms with van der Waals surface area (Å²) in [6, 6.07) is 0. The molecule has 0 saturated heterocycles. The molecule has 0 aliphatic heterocycles. The van der Waals surface area contributed by atoms with E-state index in [2.05, 4.69) is 18.8 Å². The van der Waals surface area contributed by atoms with Gasteiger partial charge in [-0.05, 0) is 13.0 Å². The number of ether oxygens (including phenoxy) is 1. The first-order chi connectivity index (χ1) is 7.31. The third kappa shape index (κ3) is 11.1. The van der Waals surface area contributed by atoms with Crippen LogP contribution >= 0.6 is 0 Å². The lowest BCUT2D eigenvalue weighted by molar-refractivity contribution is -0.137. The third-order valence-corrected chi connectivity index (χ3v) is 2.15. The molecule has 88 valence electrons. The summed E-state index contributed by atoms with van der Waals surface area (Å²) in [7, 11) is 0. The summed E-state index contributed by atoms with van der Waals surface area (Å²) in [4.78, 5) is 10.7. The van der Waals surface area contributed by atoms with Crippen molar-refractivity contribution in [3.05, 3.63) is 12.7 Å². The van der Waals surface area contributed by atoms with E-state index in [1.807, 2.05) is 0 Å². The van der Waals surface area contributed by atoms with Crippen LogP contribution in [0.3, 0.4) is 0 Å². The molecule has 0 rings (SSSR count). The summed E-state index contributed by atoms with van der Waals surface area (Å²) in [5.74, 6) is -0.347. The quantitative estimate of drug-likeness (QED) is 0.344. The van der Waals surface area contributed by atoms with Gasteiger partial charge in [-0.3, -0.25) is 0 Å². The predicted octanol–water partition coefficient (Wildman–Crippen LogP) is 2.28. The number of carbonyl (C=O) groups excluding carboxylic acids is 1. The Morgan fingerprint density at radius 2 is 2.00 bits per heavy atom. The molecule has 0 aromatic rings. The lowest BCUT2D eigenvalue weighted by Crippen LogP contribution is -2.21. The van der Waals surface area contributed by atoms with Gasteiger partial charge < -0.3 is 10.1 Å². The van der Waals surface area contributed by atoms with E-state index >= 15 is 0 Å². The van der Waals surface area contributed by atoms with E-state index in [9.17, 15) is 4.79 Å². The van der Waals surface area contributed by atoms with Crippen molar-refractivity contribution in [2.75, 3.05) is 19.7 Å². The Kier molecular flexibility index (Phi) is 10.6. The number of hydrogen-bond donors (Lipinski definition) is 1. The van der Waals surface area contributed by atoms with Crippen molar-refractivity contribution in [3.8, 4) is 0 Å². The van der Waals surface area contributed by atoms with Crippen LogP contribution in [0.2, 0.25) is 0 Å². The Balaban J connectivity index is 2.98. The molecule has 0 amide bonds. The van der Waals surface area contributed by atoms with Crippen molar-refractivity contribution in [1.29, 1.82) is 0 Å². The first-order valence-electron chi connectivity index (χ1n) is 5.81. The molecule has 15 heavy (non-hydrogen) atoms. The van der Waals surface area contributed by atoms with Crippen LogP contribution in [0.5, 0.6) is 0 Å². The largest absolute Gasteiger partial charge is 0.461 e. The van der Waals surface area contributed by atoms with Gasteiger partial charge in [0.05, 0.1) is 0 Å². The molecule has 0 radical (unpaired) electrons. The van der Waals surface area contributed by atoms with Crippen molar-refractivity contribution in [2.45, 2.75) is 39.0 Å². The number of unbranched alkanes of at least 4 members (excludes halogenated alkanes) is 4. The molecule has 0 fully saturated rings. The Bertz CT molecular complexity index is 169. The van der Waals surface area contributed by atoms with Gasteiger partial charge in [0.15, 0.2) is 0 Å². The molecule has 0 aliphatic rings. The van der Waals surface area contributed by atoms with E-state index in [1.165, 1.54) is 38.2 Å². The van der Waals surface area contributed by atoms with Gasteiger partial charge in [0.2, 0.25) is 0 Å². The highest BCUT2D eigenvalue weighted by Crippen LogP contribution is 2.00. The highest BCUT2D eigenvalue weighted by molar-refractivity contribution is 5.81. The van der Waals surface area contributed by atoms with Crippen molar-refractivity contribution >= 4 is 5.97 Å². The van der Waals surface area contributed by atoms with Crippen molar-refractivity contribution in [1.82, 2.24) is 5.32 Å². The highest BCUT2D eigenvalue weighted by atomic mass is 16.5. The molecule has 0 atom stereocenters. The van der Waals surface area contributed by atoms with Gasteiger partial charge in [0, 0.05) is 12.6 Å². The fraction of sp³-hybridized carbons (Fsp3) is 0.750. The summed E-state index contributed by atoms with van der Waals surface area (Å²) in [5.41, 5.74) is 0. The summed E-state index contributed by atoms with van der Waals surface area (Å²) < 4.78 is 4.82. The topological polar surface area (TPSA) is 38.3 Å². The van der Waals surface area contributed by atoms with Crippen molar-refractivity contribution in [2.24, 2.45) is 0 Å². The van der Waals surface area contributed by atoms with E-state index in [0.29, 0.717) is 6.61 Å². The maximum Gasteiger partial charge on any atom is 0.330 e. The summed E-state index contributed by atoms with van der Waals surface area (Å²) >= 11 is 0. The lowest BCUT2D eigenvalue weighted by Gasteiger charge is -2.04. The monoisotopic (exact) mass is 213 g/mol. The lowest BCUT2D eigenvalue weighted by atomic mass is 10.1. The maximum absolute atomic E-state index is 10.7. The smallest absolute Gasteiger partial charge is 0.330 e. The number of esters is 1. The van der Waals surface area contributed by atoms with E-state index in [-0.39, 0.29) is 5.97 Å². The molecule has 0 aromatic carbocycles. The summed E-state index contributed by atoms with van der Waals surface area (Å²) in [6.07, 6.45) is 7.61. The first kappa shape index (κ1) is 14.2. The molecule has 0 spiro atoms. The average molecular weight is 213 g/mol. The zero-order valence-electron chi connectivity index (χ0n) is 9.76. The number of carbonyl (C=O) groups is 1. The maximum atomic E-state index is 10.7. The normalized spacial score (nSPS) is 9.93. The fourth-order valence-electron chi connectivity index (χ4n) is 1.26. The summed E-state index contributed by atoms with van der Waals surface area (Å²) in [6.45, 7) is 7.71. The molecular formula is C12H23NO2. The highest BCUT2D eigenvalue weighted by Gasteiger charge is 1.94. The Hall–Kier alpha value is -0.830. The SMILES string of the molecule is C=CC(=O)OCCNCCCCCCC. The van der Waals surface area contributed by atoms with Gasteiger partial charge in [-0.15, -0.1) is 0 Å². The molecule has 3 nitrogen and oxygen atoms in total. The average Bonchev–Trinajstić information content (AvgIpc) is 2.26. The Labute approximate surface area is 92.9 Å². The first-order valence-corrected chi connectivity index (χ1v) is 5.81. The molecule has 1 N–H and O–H groups in total. The standard InChI is InChI=1S/C12H23NO2/c1-3-5-6-7-8-9-13-10-11-15-12(14)4-2/h4,13H,2-3,5-11H2,1H3. The van der Waals surface area contributed by atoms with Gasteiger partial charge in [-0.25, -0.2) is 4.79 Å². The minimum Gasteiger partial charge on any atom is -0.461 e. The van der Waals surface area contributed by atoms with Crippen LogP contribution in [-0.4, -0.2) is 25.7 Å². The summed E-state index contributed by atoms with van der Waals surface area (Å²) in [5, 5.41) is 3.23. The van der Waals surface area contributed by atoms with Gasteiger partial charge in [0.25, 0.3) is 0 Å². The van der Waals surface area contributed by atoms with E-state index in [0.717, 1.165) is 13.1 Å². The van der Waals surface area contributed by atoms with Crippen LogP contribution in [0.4, 0.5) is 0 Å². The zero-order chi connectivity index (χ0) is 11.4. The van der Waals surface area contributed by atoms with Gasteiger partial charge in [0.1, 0.15) is 6.61 Å². The van der Waals surface area contributed by atoms with Crippen LogP contribution in [0.1, 0.15) is 39.0 Å². The van der Waals surface area contributed by atoms with E-state index in [1.54, 1.807) is 0 Å². The van der Waals surface area contributed by atoms with E-state index < -0.39 is 0 Å². The number of hydrogen-bond acceptors (Lipinski definition) is 3. The fourth-order valence-corrected chi connectivity index (χ4v) is 1.26. The molecular weight excluding hydrogens is 190 g/mol. The number of nitrogens with one attached hydrogen (secondary N) is 1. The minimum absolute atomic E-state index is 0.347. The Morgan fingerprint density at radius 1 is 1.27 bits per heavy atom. The second kappa shape index (κ2) is 11.2. The third-order valence-electron chi connectivity index (χ3n) is 2.15. The second-order valence-electron chi connectivity index (χ2n) is 3.54. The van der Waals surface area contributed by atoms with Gasteiger partial charge in [-0.2, -0.15) is 0 Å².